The van der Waals surface area contributed by atoms with Crippen molar-refractivity contribution in [1.29, 1.82) is 0 Å². The van der Waals surface area contributed by atoms with Crippen LogP contribution < -0.4 is 16.6 Å². The first-order chi connectivity index (χ1) is 10.8. The van der Waals surface area contributed by atoms with E-state index >= 15 is 0 Å². The van der Waals surface area contributed by atoms with E-state index in [4.69, 9.17) is 10.5 Å². The minimum Gasteiger partial charge on any atom is -0.443 e. The minimum atomic E-state index is -0.575. The van der Waals surface area contributed by atoms with E-state index in [2.05, 4.69) is 15.8 Å². The average Bonchev–Trinajstić information content (AvgIpc) is 2.58. The molecule has 2 rings (SSSR count). The quantitative estimate of drug-likeness (QED) is 0.433. The second-order valence-electron chi connectivity index (χ2n) is 4.46. The zero-order chi connectivity index (χ0) is 15.6. The molecule has 6 heteroatoms. The van der Waals surface area contributed by atoms with Crippen molar-refractivity contribution < 1.29 is 9.53 Å². The summed E-state index contributed by atoms with van der Waals surface area (Å²) in [7, 11) is 0. The van der Waals surface area contributed by atoms with E-state index in [0.717, 1.165) is 16.8 Å². The highest BCUT2D eigenvalue weighted by Crippen LogP contribution is 2.11. The maximum Gasteiger partial charge on any atom is 0.426 e. The zero-order valence-corrected chi connectivity index (χ0v) is 12.0. The Bertz CT molecular complexity index is 612. The number of ether oxygens (including phenoxy) is 1. The smallest absolute Gasteiger partial charge is 0.426 e. The molecule has 0 radical (unpaired) electrons. The molecule has 0 unspecified atom stereocenters. The molecule has 0 spiro atoms. The molecule has 0 atom stereocenters. The Hall–Kier alpha value is -2.86. The molecule has 4 N–H and O–H groups in total. The van der Waals surface area contributed by atoms with E-state index in [-0.39, 0.29) is 6.61 Å². The van der Waals surface area contributed by atoms with Crippen LogP contribution in [0.5, 0.6) is 0 Å². The minimum absolute atomic E-state index is 0.214. The maximum absolute atomic E-state index is 11.4. The van der Waals surface area contributed by atoms with Crippen LogP contribution >= 0.6 is 0 Å². The van der Waals surface area contributed by atoms with Crippen LogP contribution in [0.25, 0.3) is 0 Å². The summed E-state index contributed by atoms with van der Waals surface area (Å²) in [6.45, 7) is 0.711. The number of aliphatic imine (C=N–C) groups is 1. The lowest BCUT2D eigenvalue weighted by Crippen LogP contribution is -2.36. The van der Waals surface area contributed by atoms with Gasteiger partial charge >= 0.3 is 6.09 Å². The monoisotopic (exact) mass is 298 g/mol. The third-order valence-electron chi connectivity index (χ3n) is 2.84. The van der Waals surface area contributed by atoms with Crippen LogP contribution in [0.4, 0.5) is 10.5 Å². The number of amides is 1. The fourth-order valence-corrected chi connectivity index (χ4v) is 1.68. The summed E-state index contributed by atoms with van der Waals surface area (Å²) in [6, 6.07) is 16.9. The largest absolute Gasteiger partial charge is 0.443 e. The van der Waals surface area contributed by atoms with E-state index in [1.54, 1.807) is 0 Å². The molecule has 0 aliphatic carbocycles. The fraction of sp³-hybridized carbons (Fsp3) is 0.125. The van der Waals surface area contributed by atoms with E-state index in [1.807, 2.05) is 54.6 Å². The first kappa shape index (κ1) is 15.5. The number of hydrogen-bond acceptors (Lipinski definition) is 4. The highest BCUT2D eigenvalue weighted by Gasteiger charge is 2.00. The summed E-state index contributed by atoms with van der Waals surface area (Å²) in [5.41, 5.74) is 13.1. The van der Waals surface area contributed by atoms with Crippen molar-refractivity contribution in [1.82, 2.24) is 10.9 Å². The van der Waals surface area contributed by atoms with Gasteiger partial charge in [0.25, 0.3) is 0 Å². The summed E-state index contributed by atoms with van der Waals surface area (Å²) in [5, 5.41) is 0. The normalized spacial score (nSPS) is 10.4. The van der Waals surface area contributed by atoms with Crippen molar-refractivity contribution in [3.63, 3.8) is 0 Å². The number of nitrogens with one attached hydrogen (secondary N) is 2. The Morgan fingerprint density at radius 1 is 1.09 bits per heavy atom. The van der Waals surface area contributed by atoms with Crippen molar-refractivity contribution in [2.24, 2.45) is 10.7 Å². The van der Waals surface area contributed by atoms with Gasteiger partial charge in [-0.3, -0.25) is 5.43 Å². The van der Waals surface area contributed by atoms with E-state index in [1.165, 1.54) is 6.34 Å². The van der Waals surface area contributed by atoms with Gasteiger partial charge in [-0.1, -0.05) is 42.5 Å². The molecule has 0 heterocycles. The van der Waals surface area contributed by atoms with Crippen molar-refractivity contribution in [2.45, 2.75) is 13.2 Å². The third-order valence-corrected chi connectivity index (χ3v) is 2.84. The van der Waals surface area contributed by atoms with Crippen LogP contribution in [0.15, 0.2) is 59.6 Å². The number of benzene rings is 2. The predicted octanol–water partition coefficient (Wildman–Crippen LogP) is 2.24. The number of hydrazine groups is 1. The van der Waals surface area contributed by atoms with Gasteiger partial charge in [0.1, 0.15) is 12.9 Å². The van der Waals surface area contributed by atoms with Gasteiger partial charge in [-0.25, -0.2) is 15.2 Å². The molecule has 1 amide bonds. The summed E-state index contributed by atoms with van der Waals surface area (Å²) in [6.07, 6.45) is 0.801. The van der Waals surface area contributed by atoms with Crippen LogP contribution in [0, 0.1) is 0 Å². The Balaban J connectivity index is 1.68. The molecule has 0 fully saturated rings. The van der Waals surface area contributed by atoms with Crippen LogP contribution in [0.2, 0.25) is 0 Å². The first-order valence-corrected chi connectivity index (χ1v) is 6.81. The summed E-state index contributed by atoms with van der Waals surface area (Å²) in [5.74, 6) is 0. The fourth-order valence-electron chi connectivity index (χ4n) is 1.68. The van der Waals surface area contributed by atoms with Crippen LogP contribution in [0.3, 0.4) is 0 Å². The van der Waals surface area contributed by atoms with Gasteiger partial charge in [0, 0.05) is 6.54 Å². The van der Waals surface area contributed by atoms with Gasteiger partial charge in [-0.2, -0.15) is 0 Å². The Morgan fingerprint density at radius 3 is 2.50 bits per heavy atom. The highest BCUT2D eigenvalue weighted by molar-refractivity contribution is 5.70. The molecular weight excluding hydrogens is 280 g/mol. The van der Waals surface area contributed by atoms with Crippen LogP contribution in [0.1, 0.15) is 11.1 Å². The second kappa shape index (κ2) is 8.43. The number of nitrogens with zero attached hydrogens (tertiary/aromatic N) is 1. The molecule has 0 aliphatic heterocycles. The van der Waals surface area contributed by atoms with Crippen LogP contribution in [-0.2, 0) is 17.9 Å². The molecule has 0 aliphatic rings. The molecule has 22 heavy (non-hydrogen) atoms. The number of rotatable bonds is 6. The number of carbonyl (C=O) groups excluding carboxylic acids is 1. The summed E-state index contributed by atoms with van der Waals surface area (Å²) < 4.78 is 5.02. The van der Waals surface area contributed by atoms with Crippen molar-refractivity contribution in [3.8, 4) is 0 Å². The molecule has 6 nitrogen and oxygen atoms in total. The molecule has 0 saturated carbocycles. The SMILES string of the molecule is NCc1ccc(N=CNNC(=O)OCc2ccccc2)cc1. The molecular formula is C16H18N4O2. The standard InChI is InChI=1S/C16H18N4O2/c17-10-13-6-8-15(9-7-13)18-12-19-20-16(21)22-11-14-4-2-1-3-5-14/h1-9,12H,10-11,17H2,(H,18,19)(H,20,21). The highest BCUT2D eigenvalue weighted by atomic mass is 16.6. The second-order valence-corrected chi connectivity index (χ2v) is 4.46. The van der Waals surface area contributed by atoms with Crippen molar-refractivity contribution in [2.75, 3.05) is 0 Å². The Labute approximate surface area is 129 Å². The maximum atomic E-state index is 11.4. The molecule has 0 saturated heterocycles. The van der Waals surface area contributed by atoms with Crippen LogP contribution in [-0.4, -0.2) is 12.4 Å². The summed E-state index contributed by atoms with van der Waals surface area (Å²) in [4.78, 5) is 15.6. The van der Waals surface area contributed by atoms with E-state index < -0.39 is 6.09 Å². The van der Waals surface area contributed by atoms with Gasteiger partial charge in [0.15, 0.2) is 0 Å². The lowest BCUT2D eigenvalue weighted by molar-refractivity contribution is 0.137. The molecule has 2 aromatic rings. The van der Waals surface area contributed by atoms with E-state index in [0.29, 0.717) is 6.54 Å². The molecule has 114 valence electrons. The Morgan fingerprint density at radius 2 is 1.82 bits per heavy atom. The number of hydrogen-bond donors (Lipinski definition) is 3. The molecule has 2 aromatic carbocycles. The van der Waals surface area contributed by atoms with Gasteiger partial charge in [-0.15, -0.1) is 0 Å². The first-order valence-electron chi connectivity index (χ1n) is 6.81. The lowest BCUT2D eigenvalue weighted by Gasteiger charge is -2.06. The summed E-state index contributed by atoms with van der Waals surface area (Å²) >= 11 is 0. The number of nitrogens with two attached hydrogens (primary N) is 1. The van der Waals surface area contributed by atoms with Gasteiger partial charge in [0.05, 0.1) is 5.69 Å². The Kier molecular flexibility index (Phi) is 5.95. The predicted molar refractivity (Wildman–Crippen MR) is 85.4 cm³/mol. The molecule has 0 aromatic heterocycles. The number of carbonyl (C=O) groups is 1. The van der Waals surface area contributed by atoms with Crippen molar-refractivity contribution in [3.05, 3.63) is 65.7 Å². The zero-order valence-electron chi connectivity index (χ0n) is 12.0. The van der Waals surface area contributed by atoms with Gasteiger partial charge < -0.3 is 10.5 Å². The van der Waals surface area contributed by atoms with Gasteiger partial charge in [0.2, 0.25) is 0 Å². The van der Waals surface area contributed by atoms with Crippen molar-refractivity contribution >= 4 is 18.1 Å². The average molecular weight is 298 g/mol. The topological polar surface area (TPSA) is 88.7 Å². The third kappa shape index (κ3) is 5.26. The molecule has 0 bridgehead atoms. The lowest BCUT2D eigenvalue weighted by atomic mass is 10.2. The van der Waals surface area contributed by atoms with Gasteiger partial charge in [-0.05, 0) is 23.3 Å². The van der Waals surface area contributed by atoms with E-state index in [9.17, 15) is 4.79 Å².